The van der Waals surface area contributed by atoms with E-state index < -0.39 is 60.9 Å². The third-order valence-corrected chi connectivity index (χ3v) is 15.6. The van der Waals surface area contributed by atoms with Crippen molar-refractivity contribution in [2.75, 3.05) is 18.4 Å². The number of hydrogen-bond acceptors (Lipinski definition) is 7. The first-order valence-corrected chi connectivity index (χ1v) is 24.8. The Bertz CT molecular complexity index is 2570. The molecule has 0 saturated heterocycles. The molecule has 2 aliphatic heterocycles. The highest BCUT2D eigenvalue weighted by atomic mass is 79.9. The lowest BCUT2D eigenvalue weighted by atomic mass is 9.77. The lowest BCUT2D eigenvalue weighted by Crippen LogP contribution is -2.66. The van der Waals surface area contributed by atoms with Crippen molar-refractivity contribution in [3.8, 4) is 0 Å². The van der Waals surface area contributed by atoms with E-state index >= 15 is 0 Å². The smallest absolute Gasteiger partial charge is 0.315 e. The van der Waals surface area contributed by atoms with Crippen LogP contribution in [-0.2, 0) is 38.4 Å². The summed E-state index contributed by atoms with van der Waals surface area (Å²) < 4.78 is 0.914. The molecule has 0 spiro atoms. The summed E-state index contributed by atoms with van der Waals surface area (Å²) in [4.78, 5) is 71.8. The molecule has 6 amide bonds. The zero-order chi connectivity index (χ0) is 46.8. The van der Waals surface area contributed by atoms with Gasteiger partial charge in [-0.2, -0.15) is 0 Å². The zero-order valence-electron chi connectivity index (χ0n) is 36.9. The number of hydrogen-bond donors (Lipinski definition) is 10. The molecule has 0 fully saturated rings. The van der Waals surface area contributed by atoms with E-state index in [0.717, 1.165) is 50.4 Å². The van der Waals surface area contributed by atoms with E-state index in [1.54, 1.807) is 6.07 Å². The molecule has 346 valence electrons. The molecule has 7 rings (SSSR count). The Morgan fingerprint density at radius 1 is 0.879 bits per heavy atom. The molecule has 5 atom stereocenters. The molecule has 3 aliphatic rings. The average Bonchev–Trinajstić information content (AvgIpc) is 3.67. The number of carbonyl (C=O) groups excluding carboxylic acids is 5. The molecule has 2 bridgehead atoms. The Hall–Kier alpha value is -6.22. The monoisotopic (exact) mass is 976 g/mol. The second-order valence-electron chi connectivity index (χ2n) is 17.0. The van der Waals surface area contributed by atoms with Crippen LogP contribution >= 0.6 is 23.5 Å². The minimum Gasteiger partial charge on any atom is -0.370 e. The number of urea groups is 1. The number of nitrogens with one attached hydrogen (secondary N) is 8. The van der Waals surface area contributed by atoms with Gasteiger partial charge in [-0.1, -0.05) is 128 Å². The number of anilines is 1. The number of guanidine groups is 1. The van der Waals surface area contributed by atoms with Gasteiger partial charge in [0.25, 0.3) is 0 Å². The van der Waals surface area contributed by atoms with E-state index in [2.05, 4.69) is 65.0 Å². The number of benzene rings is 4. The van der Waals surface area contributed by atoms with E-state index in [4.69, 9.17) is 16.9 Å². The second kappa shape index (κ2) is 21.8. The summed E-state index contributed by atoms with van der Waals surface area (Å²) in [7, 11) is -1.55. The third-order valence-electron chi connectivity index (χ3n) is 12.3. The fourth-order valence-corrected chi connectivity index (χ4v) is 12.0. The van der Waals surface area contributed by atoms with Gasteiger partial charge in [-0.05, 0) is 77.4 Å². The van der Waals surface area contributed by atoms with E-state index in [1.165, 1.54) is 0 Å². The largest absolute Gasteiger partial charge is 0.370 e. The Kier molecular flexibility index (Phi) is 15.8. The van der Waals surface area contributed by atoms with Gasteiger partial charge in [0.2, 0.25) is 23.6 Å². The first-order chi connectivity index (χ1) is 31.9. The Labute approximate surface area is 394 Å². The van der Waals surface area contributed by atoms with Crippen molar-refractivity contribution in [2.45, 2.75) is 88.4 Å². The van der Waals surface area contributed by atoms with E-state index in [-0.39, 0.29) is 44.6 Å². The molecule has 2 heterocycles. The minimum absolute atomic E-state index is 0.0712. The van der Waals surface area contributed by atoms with Crippen molar-refractivity contribution >= 4 is 81.1 Å². The lowest BCUT2D eigenvalue weighted by molar-refractivity contribution is -0.135. The van der Waals surface area contributed by atoms with Crippen LogP contribution in [0, 0.1) is 5.41 Å². The van der Waals surface area contributed by atoms with E-state index in [1.807, 2.05) is 91.9 Å². The van der Waals surface area contributed by atoms with Gasteiger partial charge in [0.1, 0.15) is 23.7 Å². The topological polar surface area (TPSA) is 245 Å². The number of para-hydroxylation sites is 1. The third kappa shape index (κ3) is 11.4. The zero-order valence-corrected chi connectivity index (χ0v) is 39.5. The first-order valence-electron chi connectivity index (χ1n) is 22.4. The first kappa shape index (κ1) is 47.7. The maximum atomic E-state index is 14.8. The normalized spacial score (nSPS) is 19.8. The van der Waals surface area contributed by atoms with Crippen molar-refractivity contribution in [1.29, 1.82) is 5.41 Å². The quantitative estimate of drug-likeness (QED) is 0.0338. The summed E-state index contributed by atoms with van der Waals surface area (Å²) in [5, 5.41) is 29.3. The summed E-state index contributed by atoms with van der Waals surface area (Å²) >= 11 is 3.65. The van der Waals surface area contributed by atoms with Crippen LogP contribution in [0.25, 0.3) is 5.57 Å². The lowest BCUT2D eigenvalue weighted by Gasteiger charge is -2.39. The van der Waals surface area contributed by atoms with Crippen molar-refractivity contribution in [3.63, 3.8) is 0 Å². The predicted octanol–water partition coefficient (Wildman–Crippen LogP) is 4.11. The number of fused-ring (bicyclic) bond motifs is 6. The van der Waals surface area contributed by atoms with Crippen LogP contribution in [0.4, 0.5) is 10.5 Å². The van der Waals surface area contributed by atoms with Gasteiger partial charge in [0.05, 0.1) is 0 Å². The number of unbranched alkanes of at least 4 members (excludes halogenated alkanes) is 1. The van der Waals surface area contributed by atoms with Crippen molar-refractivity contribution < 1.29 is 24.0 Å². The molecule has 0 radical (unpaired) electrons. The fraction of sp³-hybridized carbons (Fsp3) is 0.327. The van der Waals surface area contributed by atoms with Gasteiger partial charge in [-0.15, -0.1) is 0 Å². The maximum absolute atomic E-state index is 14.8. The van der Waals surface area contributed by atoms with Gasteiger partial charge in [-0.25, -0.2) is 4.79 Å². The predicted molar refractivity (Wildman–Crippen MR) is 266 cm³/mol. The summed E-state index contributed by atoms with van der Waals surface area (Å²) in [6, 6.07) is 26.4. The second-order valence-corrected chi connectivity index (χ2v) is 20.0. The fourth-order valence-electron chi connectivity index (χ4n) is 8.84. The molecule has 4 aromatic rings. The van der Waals surface area contributed by atoms with Crippen molar-refractivity contribution in [3.05, 3.63) is 135 Å². The molecule has 66 heavy (non-hydrogen) atoms. The summed E-state index contributed by atoms with van der Waals surface area (Å²) in [6.45, 7) is 2.69. The molecular formula is C49H58BrN10O5P. The maximum Gasteiger partial charge on any atom is 0.315 e. The number of nitrogens with two attached hydrogens (primary N) is 2. The van der Waals surface area contributed by atoms with Crippen LogP contribution in [0.3, 0.4) is 0 Å². The van der Waals surface area contributed by atoms with Crippen LogP contribution in [0.1, 0.15) is 73.3 Å². The van der Waals surface area contributed by atoms with Crippen LogP contribution in [0.5, 0.6) is 0 Å². The number of carbonyl (C=O) groups is 5. The highest BCUT2D eigenvalue weighted by Crippen LogP contribution is 2.43. The molecule has 0 saturated carbocycles. The summed E-state index contributed by atoms with van der Waals surface area (Å²) in [6.07, 6.45) is 3.23. The molecule has 4 aromatic carbocycles. The van der Waals surface area contributed by atoms with Crippen LogP contribution < -0.4 is 54.0 Å². The molecule has 12 N–H and O–H groups in total. The van der Waals surface area contributed by atoms with Gasteiger partial charge >= 0.3 is 6.03 Å². The highest BCUT2D eigenvalue weighted by molar-refractivity contribution is 9.10. The van der Waals surface area contributed by atoms with Crippen molar-refractivity contribution in [2.24, 2.45) is 11.5 Å². The van der Waals surface area contributed by atoms with Crippen molar-refractivity contribution in [1.82, 2.24) is 31.9 Å². The number of rotatable bonds is 16. The standard InChI is InChI=1S/C49H58BrN10O5P/c1-2-3-24-55-48(65)60-49(23-22-33-31(28-49)15-11-18-36(33)50)46(64)59-39(26-30-13-5-4-6-14-30)44(62)57-38(20-12-25-54-47(52)53)43(61)58-40-27-32-29-66(41-21-10-8-16-34(32)41)42(51)35-17-7-9-19-37(35)56-45(40)63/h4-11,13-19,21,29,38-40,66H,2-3,12,20,22-28,51H2,1H3,(H,56,63)(H,57,62)(H,58,61)(H,59,64)(H4,52,53,54)(H2,55,60,65)/t38-,39+,40-,49?/m0/s1. The highest BCUT2D eigenvalue weighted by Gasteiger charge is 2.45. The molecule has 15 nitrogen and oxygen atoms in total. The Morgan fingerprint density at radius 3 is 2.38 bits per heavy atom. The van der Waals surface area contributed by atoms with Crippen LogP contribution in [0.15, 0.2) is 107 Å². The van der Waals surface area contributed by atoms with Gasteiger partial charge < -0.3 is 48.7 Å². The summed E-state index contributed by atoms with van der Waals surface area (Å²) in [5.74, 6) is -0.344. The van der Waals surface area contributed by atoms with Gasteiger partial charge in [0, 0.05) is 53.5 Å². The molecule has 17 heteroatoms. The Morgan fingerprint density at radius 2 is 1.61 bits per heavy atom. The van der Waals surface area contributed by atoms with Crippen LogP contribution in [-0.4, -0.2) is 77.8 Å². The van der Waals surface area contributed by atoms with Gasteiger partial charge in [-0.3, -0.25) is 24.6 Å². The summed E-state index contributed by atoms with van der Waals surface area (Å²) in [5.41, 5.74) is 17.5. The SMILES string of the molecule is CCCCNC(=O)NC1(C(=O)N[C@H](Cc2ccccc2)C(=O)N[C@@H](CCCNC(=N)N)C(=O)N[C@H]2CC3=C/[PH](=C(/N)c4ccccc4NC2=O)c2ccccc23)CCc2c(Br)cccc2C1. The molecular weight excluding hydrogens is 919 g/mol. The number of halogens is 1. The molecule has 2 unspecified atom stereocenters. The van der Waals surface area contributed by atoms with E-state index in [0.29, 0.717) is 36.1 Å². The van der Waals surface area contributed by atoms with E-state index in [9.17, 15) is 24.0 Å². The Balaban J connectivity index is 1.17. The molecule has 0 aromatic heterocycles. The average molecular weight is 978 g/mol. The van der Waals surface area contributed by atoms with Crippen LogP contribution in [0.2, 0.25) is 0 Å². The number of amides is 6. The minimum atomic E-state index is -1.55. The van der Waals surface area contributed by atoms with Gasteiger partial charge in [0.15, 0.2) is 5.96 Å². The molecule has 1 aliphatic carbocycles.